The van der Waals surface area contributed by atoms with E-state index in [4.69, 9.17) is 15.2 Å². The summed E-state index contributed by atoms with van der Waals surface area (Å²) in [5.74, 6) is 0.124. The van der Waals surface area contributed by atoms with Crippen LogP contribution in [-0.4, -0.2) is 26.4 Å². The second-order valence-electron chi connectivity index (χ2n) is 5.34. The molecule has 0 saturated heterocycles. The van der Waals surface area contributed by atoms with Crippen molar-refractivity contribution < 1.29 is 14.3 Å². The predicted molar refractivity (Wildman–Crippen MR) is 87.1 cm³/mol. The maximum Gasteiger partial charge on any atom is 0.229 e. The first-order chi connectivity index (χ1) is 10.6. The lowest BCUT2D eigenvalue weighted by Gasteiger charge is -2.25. The highest BCUT2D eigenvalue weighted by Gasteiger charge is 2.29. The van der Waals surface area contributed by atoms with Crippen LogP contribution in [0.5, 0.6) is 0 Å². The van der Waals surface area contributed by atoms with Crippen LogP contribution >= 0.6 is 0 Å². The Morgan fingerprint density at radius 2 is 1.73 bits per heavy atom. The summed E-state index contributed by atoms with van der Waals surface area (Å²) in [5.41, 5.74) is 6.54. The summed E-state index contributed by atoms with van der Waals surface area (Å²) < 4.78 is 10.5. The van der Waals surface area contributed by atoms with Crippen molar-refractivity contribution in [2.45, 2.75) is 19.6 Å². The van der Waals surface area contributed by atoms with E-state index in [1.807, 2.05) is 49.4 Å². The Bertz CT molecular complexity index is 632. The zero-order valence-corrected chi connectivity index (χ0v) is 13.2. The number of benzene rings is 2. The minimum absolute atomic E-state index is 0.0757. The molecule has 2 aromatic rings. The molecular formula is C18H22NO3. The summed E-state index contributed by atoms with van der Waals surface area (Å²) in [6, 6.07) is 13.9. The first-order valence-electron chi connectivity index (χ1n) is 7.28. The van der Waals surface area contributed by atoms with Crippen LogP contribution in [0.15, 0.2) is 42.5 Å². The molecule has 0 bridgehead atoms. The number of hydrogen-bond donors (Lipinski definition) is 1. The van der Waals surface area contributed by atoms with Gasteiger partial charge in [0.25, 0.3) is 0 Å². The van der Waals surface area contributed by atoms with Gasteiger partial charge in [0, 0.05) is 20.6 Å². The number of fused-ring (bicyclic) bond motifs is 1. The number of amides is 1. The van der Waals surface area contributed by atoms with Gasteiger partial charge in [-0.2, -0.15) is 0 Å². The Kier molecular flexibility index (Phi) is 5.52. The van der Waals surface area contributed by atoms with E-state index >= 15 is 0 Å². The van der Waals surface area contributed by atoms with E-state index in [1.54, 1.807) is 14.2 Å². The fourth-order valence-corrected chi connectivity index (χ4v) is 2.80. The summed E-state index contributed by atoms with van der Waals surface area (Å²) in [6.45, 7) is 1.97. The van der Waals surface area contributed by atoms with Gasteiger partial charge in [0.1, 0.15) is 0 Å². The summed E-state index contributed by atoms with van der Waals surface area (Å²) in [4.78, 5) is 12.0. The van der Waals surface area contributed by atoms with Gasteiger partial charge in [0.2, 0.25) is 5.91 Å². The number of rotatable bonds is 7. The normalized spacial score (nSPS) is 13.0. The van der Waals surface area contributed by atoms with E-state index in [9.17, 15) is 4.79 Å². The van der Waals surface area contributed by atoms with Gasteiger partial charge in [0.05, 0.1) is 5.92 Å². The number of carbonyl (C=O) groups excluding carboxylic acids is 1. The molecule has 22 heavy (non-hydrogen) atoms. The van der Waals surface area contributed by atoms with Gasteiger partial charge in [-0.1, -0.05) is 49.4 Å². The minimum Gasteiger partial charge on any atom is -0.369 e. The number of nitrogens with two attached hydrogens (primary N) is 1. The summed E-state index contributed by atoms with van der Waals surface area (Å²) >= 11 is 0. The third-order valence-electron chi connectivity index (χ3n) is 3.91. The molecule has 4 heteroatoms. The monoisotopic (exact) mass is 300 g/mol. The average molecular weight is 300 g/mol. The average Bonchev–Trinajstić information content (AvgIpc) is 2.52. The molecule has 2 rings (SSSR count). The van der Waals surface area contributed by atoms with Crippen LogP contribution in [0.1, 0.15) is 18.9 Å². The second-order valence-corrected chi connectivity index (χ2v) is 5.34. The fraction of sp³-hybridized carbons (Fsp3) is 0.333. The summed E-state index contributed by atoms with van der Waals surface area (Å²) in [6.07, 6.45) is 0.202. The van der Waals surface area contributed by atoms with E-state index in [0.717, 1.165) is 16.3 Å². The van der Waals surface area contributed by atoms with Gasteiger partial charge >= 0.3 is 0 Å². The number of hydrogen-bond acceptors (Lipinski definition) is 3. The van der Waals surface area contributed by atoms with Gasteiger partial charge in [-0.25, -0.2) is 0 Å². The highest BCUT2D eigenvalue weighted by atomic mass is 16.7. The van der Waals surface area contributed by atoms with Crippen molar-refractivity contribution in [3.63, 3.8) is 0 Å². The molecule has 0 aliphatic rings. The van der Waals surface area contributed by atoms with Crippen molar-refractivity contribution in [3.8, 4) is 0 Å². The second kappa shape index (κ2) is 7.38. The molecule has 0 spiro atoms. The lowest BCUT2D eigenvalue weighted by molar-refractivity contribution is -0.120. The molecule has 2 N–H and O–H groups in total. The molecule has 0 fully saturated rings. The minimum atomic E-state index is -0.408. The zero-order chi connectivity index (χ0) is 16.1. The van der Waals surface area contributed by atoms with Crippen molar-refractivity contribution in [2.75, 3.05) is 14.2 Å². The molecule has 0 heterocycles. The third-order valence-corrected chi connectivity index (χ3v) is 3.91. The molecule has 1 amide bonds. The summed E-state index contributed by atoms with van der Waals surface area (Å²) in [7, 11) is 3.17. The fourth-order valence-electron chi connectivity index (χ4n) is 2.80. The van der Waals surface area contributed by atoms with Gasteiger partial charge in [-0.05, 0) is 22.3 Å². The van der Waals surface area contributed by atoms with Crippen molar-refractivity contribution in [3.05, 3.63) is 53.9 Å². The SMILES string of the molecule is COC(CC(C)[C](C(N)=O)c1cccc2ccccc12)OC. The van der Waals surface area contributed by atoms with E-state index in [2.05, 4.69) is 0 Å². The number of ether oxygens (including phenoxy) is 2. The topological polar surface area (TPSA) is 61.5 Å². The molecule has 0 aliphatic carbocycles. The number of primary amides is 1. The number of methoxy groups -OCH3 is 2. The van der Waals surface area contributed by atoms with Crippen LogP contribution in [0.3, 0.4) is 0 Å². The van der Waals surface area contributed by atoms with Gasteiger partial charge in [-0.3, -0.25) is 4.79 Å². The Hall–Kier alpha value is -1.91. The molecule has 2 aromatic carbocycles. The van der Waals surface area contributed by atoms with Gasteiger partial charge in [0.15, 0.2) is 6.29 Å². The van der Waals surface area contributed by atoms with E-state index in [-0.39, 0.29) is 12.2 Å². The third kappa shape index (κ3) is 3.46. The quantitative estimate of drug-likeness (QED) is 0.800. The van der Waals surface area contributed by atoms with E-state index in [1.165, 1.54) is 0 Å². The Labute approximate surface area is 131 Å². The van der Waals surface area contributed by atoms with E-state index in [0.29, 0.717) is 12.3 Å². The first-order valence-corrected chi connectivity index (χ1v) is 7.28. The molecule has 0 aromatic heterocycles. The molecule has 1 radical (unpaired) electrons. The summed E-state index contributed by atoms with van der Waals surface area (Å²) in [5, 5.41) is 2.11. The largest absolute Gasteiger partial charge is 0.369 e. The molecular weight excluding hydrogens is 278 g/mol. The Morgan fingerprint density at radius 3 is 2.36 bits per heavy atom. The standard InChI is InChI=1S/C18H22NO3/c1-12(11-16(21-2)22-3)17(18(19)20)15-10-6-8-13-7-4-5-9-14(13)15/h4-10,12,16H,11H2,1-3H3,(H2,19,20). The molecule has 0 aliphatic heterocycles. The Balaban J connectivity index is 2.40. The maximum absolute atomic E-state index is 12.0. The van der Waals surface area contributed by atoms with E-state index < -0.39 is 5.91 Å². The molecule has 117 valence electrons. The van der Waals surface area contributed by atoms with Crippen LogP contribution in [0.2, 0.25) is 0 Å². The highest BCUT2D eigenvalue weighted by molar-refractivity contribution is 6.00. The number of carbonyl (C=O) groups is 1. The molecule has 4 nitrogen and oxygen atoms in total. The van der Waals surface area contributed by atoms with Crippen molar-refractivity contribution in [1.29, 1.82) is 0 Å². The maximum atomic E-state index is 12.0. The Morgan fingerprint density at radius 1 is 1.09 bits per heavy atom. The van der Waals surface area contributed by atoms with Crippen molar-refractivity contribution in [2.24, 2.45) is 11.7 Å². The first kappa shape index (κ1) is 16.5. The zero-order valence-electron chi connectivity index (χ0n) is 13.2. The van der Waals surface area contributed by atoms with Crippen LogP contribution < -0.4 is 5.73 Å². The molecule has 1 atom stereocenters. The van der Waals surface area contributed by atoms with Gasteiger partial charge < -0.3 is 15.2 Å². The van der Waals surface area contributed by atoms with Crippen LogP contribution in [0, 0.1) is 11.8 Å². The highest BCUT2D eigenvalue weighted by Crippen LogP contribution is 2.32. The lowest BCUT2D eigenvalue weighted by Crippen LogP contribution is -2.30. The predicted octanol–water partition coefficient (Wildman–Crippen LogP) is 2.89. The lowest BCUT2D eigenvalue weighted by atomic mass is 9.82. The smallest absolute Gasteiger partial charge is 0.229 e. The molecule has 0 saturated carbocycles. The van der Waals surface area contributed by atoms with Gasteiger partial charge in [-0.15, -0.1) is 0 Å². The van der Waals surface area contributed by atoms with Crippen LogP contribution in [-0.2, 0) is 14.3 Å². The van der Waals surface area contributed by atoms with Crippen molar-refractivity contribution in [1.82, 2.24) is 0 Å². The van der Waals surface area contributed by atoms with Crippen molar-refractivity contribution >= 4 is 16.7 Å². The van der Waals surface area contributed by atoms with Crippen LogP contribution in [0.4, 0.5) is 0 Å². The van der Waals surface area contributed by atoms with Crippen LogP contribution in [0.25, 0.3) is 10.8 Å². The molecule has 1 unspecified atom stereocenters.